The van der Waals surface area contributed by atoms with Crippen LogP contribution >= 0.6 is 0 Å². The van der Waals surface area contributed by atoms with Gasteiger partial charge in [0.25, 0.3) is 5.69 Å². The summed E-state index contributed by atoms with van der Waals surface area (Å²) >= 11 is 0. The quantitative estimate of drug-likeness (QED) is 0.452. The summed E-state index contributed by atoms with van der Waals surface area (Å²) in [5.41, 5.74) is 1.52. The molecule has 1 aliphatic carbocycles. The van der Waals surface area contributed by atoms with E-state index in [0.29, 0.717) is 18.4 Å². The molecule has 178 valence electrons. The van der Waals surface area contributed by atoms with Crippen LogP contribution in [0.25, 0.3) is 0 Å². The van der Waals surface area contributed by atoms with Gasteiger partial charge in [0.1, 0.15) is 10.6 Å². The van der Waals surface area contributed by atoms with E-state index >= 15 is 0 Å². The molecule has 2 aromatic rings. The zero-order valence-electron chi connectivity index (χ0n) is 19.0. The number of rotatable bonds is 8. The number of benzene rings is 2. The number of hydrogen-bond acceptors (Lipinski definition) is 6. The van der Waals surface area contributed by atoms with Crippen molar-refractivity contribution in [3.63, 3.8) is 0 Å². The van der Waals surface area contributed by atoms with Gasteiger partial charge in [-0.05, 0) is 49.9 Å². The fraction of sp³-hybridized carbons (Fsp3) is 0.435. The van der Waals surface area contributed by atoms with E-state index in [1.807, 2.05) is 0 Å². The first-order valence-electron chi connectivity index (χ1n) is 10.8. The van der Waals surface area contributed by atoms with Gasteiger partial charge in [-0.2, -0.15) is 4.31 Å². The Morgan fingerprint density at radius 1 is 1.15 bits per heavy atom. The lowest BCUT2D eigenvalue weighted by Crippen LogP contribution is -2.45. The van der Waals surface area contributed by atoms with E-state index in [1.54, 1.807) is 38.1 Å². The number of anilines is 1. The van der Waals surface area contributed by atoms with Gasteiger partial charge in [0, 0.05) is 18.2 Å². The number of amides is 1. The van der Waals surface area contributed by atoms with Gasteiger partial charge in [-0.15, -0.1) is 0 Å². The van der Waals surface area contributed by atoms with Crippen molar-refractivity contribution in [3.8, 4) is 5.75 Å². The first kappa shape index (κ1) is 24.7. The fourth-order valence-electron chi connectivity index (χ4n) is 4.08. The Kier molecular flexibility index (Phi) is 7.70. The highest BCUT2D eigenvalue weighted by Gasteiger charge is 2.36. The summed E-state index contributed by atoms with van der Waals surface area (Å²) in [5.74, 6) is -0.337. The molecule has 33 heavy (non-hydrogen) atoms. The predicted molar refractivity (Wildman–Crippen MR) is 125 cm³/mol. The zero-order chi connectivity index (χ0) is 24.2. The highest BCUT2D eigenvalue weighted by Crippen LogP contribution is 2.33. The maximum Gasteiger partial charge on any atom is 0.271 e. The summed E-state index contributed by atoms with van der Waals surface area (Å²) in [6, 6.07) is 8.78. The molecule has 0 spiro atoms. The molecule has 1 aliphatic rings. The van der Waals surface area contributed by atoms with E-state index in [2.05, 4.69) is 5.32 Å². The van der Waals surface area contributed by atoms with E-state index in [4.69, 9.17) is 4.74 Å². The molecule has 0 bridgehead atoms. The lowest BCUT2D eigenvalue weighted by Gasteiger charge is -2.33. The summed E-state index contributed by atoms with van der Waals surface area (Å²) in [4.78, 5) is 23.6. The Labute approximate surface area is 193 Å². The summed E-state index contributed by atoms with van der Waals surface area (Å²) in [5, 5.41) is 13.8. The maximum absolute atomic E-state index is 13.7. The van der Waals surface area contributed by atoms with E-state index in [0.717, 1.165) is 24.8 Å². The monoisotopic (exact) mass is 475 g/mol. The van der Waals surface area contributed by atoms with Crippen molar-refractivity contribution in [2.45, 2.75) is 56.9 Å². The number of methoxy groups -OCH3 is 1. The number of sulfonamides is 1. The minimum atomic E-state index is -4.05. The predicted octanol–water partition coefficient (Wildman–Crippen LogP) is 4.18. The van der Waals surface area contributed by atoms with Crippen LogP contribution in [0.4, 0.5) is 11.4 Å². The van der Waals surface area contributed by atoms with Crippen LogP contribution in [-0.2, 0) is 14.8 Å². The highest BCUT2D eigenvalue weighted by molar-refractivity contribution is 7.89. The van der Waals surface area contributed by atoms with Gasteiger partial charge in [-0.1, -0.05) is 31.4 Å². The maximum atomic E-state index is 13.7. The average molecular weight is 476 g/mol. The van der Waals surface area contributed by atoms with Gasteiger partial charge in [0.2, 0.25) is 15.9 Å². The Bertz CT molecular complexity index is 1140. The van der Waals surface area contributed by atoms with Gasteiger partial charge in [-0.3, -0.25) is 14.9 Å². The minimum absolute atomic E-state index is 0.0231. The van der Waals surface area contributed by atoms with Crippen LogP contribution < -0.4 is 10.1 Å². The molecule has 2 aromatic carbocycles. The van der Waals surface area contributed by atoms with Crippen LogP contribution in [0, 0.1) is 24.0 Å². The first-order chi connectivity index (χ1) is 15.6. The van der Waals surface area contributed by atoms with Gasteiger partial charge in [-0.25, -0.2) is 8.42 Å². The molecule has 0 atom stereocenters. The Morgan fingerprint density at radius 3 is 2.48 bits per heavy atom. The summed E-state index contributed by atoms with van der Waals surface area (Å²) in [6.07, 6.45) is 4.12. The molecule has 0 aliphatic heterocycles. The molecule has 0 saturated heterocycles. The van der Waals surface area contributed by atoms with Crippen LogP contribution in [0.2, 0.25) is 0 Å². The molecule has 3 rings (SSSR count). The number of carbonyl (C=O) groups is 1. The van der Waals surface area contributed by atoms with Crippen LogP contribution in [0.5, 0.6) is 5.75 Å². The number of nitro groups is 1. The number of ether oxygens (including phenoxy) is 1. The third-order valence-electron chi connectivity index (χ3n) is 5.89. The molecule has 9 nitrogen and oxygen atoms in total. The molecular weight excluding hydrogens is 446 g/mol. The highest BCUT2D eigenvalue weighted by atomic mass is 32.2. The smallest absolute Gasteiger partial charge is 0.271 e. The van der Waals surface area contributed by atoms with Crippen molar-refractivity contribution >= 4 is 27.3 Å². The summed E-state index contributed by atoms with van der Waals surface area (Å²) in [6.45, 7) is 3.11. The van der Waals surface area contributed by atoms with Crippen LogP contribution in [0.1, 0.15) is 43.2 Å². The zero-order valence-corrected chi connectivity index (χ0v) is 19.9. The van der Waals surface area contributed by atoms with E-state index in [9.17, 15) is 23.3 Å². The van der Waals surface area contributed by atoms with Crippen molar-refractivity contribution < 1.29 is 22.9 Å². The molecule has 1 amide bonds. The van der Waals surface area contributed by atoms with E-state index in [1.165, 1.54) is 23.5 Å². The van der Waals surface area contributed by atoms with Crippen molar-refractivity contribution in [3.05, 3.63) is 57.6 Å². The SMILES string of the molecule is COc1ccc(C)cc1S(=O)(=O)N(CC(=O)Nc1cc([N+](=O)[O-])ccc1C)C1CCCCC1. The third kappa shape index (κ3) is 5.69. The van der Waals surface area contributed by atoms with Crippen LogP contribution in [0.15, 0.2) is 41.3 Å². The number of nitrogens with zero attached hydrogens (tertiary/aromatic N) is 2. The minimum Gasteiger partial charge on any atom is -0.495 e. The standard InChI is InChI=1S/C23H29N3O6S/c1-16-9-12-21(32-3)22(13-16)33(30,31)25(18-7-5-4-6-8-18)15-23(27)24-20-14-19(26(28)29)11-10-17(20)2/h9-14,18H,4-8,15H2,1-3H3,(H,24,27). The van der Waals surface area contributed by atoms with Gasteiger partial charge in [0.15, 0.2) is 0 Å². The summed E-state index contributed by atoms with van der Waals surface area (Å²) in [7, 11) is -2.64. The third-order valence-corrected chi connectivity index (χ3v) is 7.81. The fourth-order valence-corrected chi connectivity index (χ4v) is 5.96. The average Bonchev–Trinajstić information content (AvgIpc) is 2.79. The molecule has 10 heteroatoms. The van der Waals surface area contributed by atoms with Crippen LogP contribution in [0.3, 0.4) is 0 Å². The number of non-ortho nitro benzene ring substituents is 1. The number of carbonyl (C=O) groups excluding carboxylic acids is 1. The number of nitro benzene ring substituents is 1. The molecule has 1 saturated carbocycles. The molecule has 0 radical (unpaired) electrons. The first-order valence-corrected chi connectivity index (χ1v) is 12.3. The van der Waals surface area contributed by atoms with Crippen molar-refractivity contribution in [1.29, 1.82) is 0 Å². The van der Waals surface area contributed by atoms with Crippen molar-refractivity contribution in [2.75, 3.05) is 19.0 Å². The molecule has 1 fully saturated rings. The van der Waals surface area contributed by atoms with Gasteiger partial charge >= 0.3 is 0 Å². The normalized spacial score (nSPS) is 14.8. The Hall–Kier alpha value is -2.98. The Balaban J connectivity index is 1.94. The molecule has 1 N–H and O–H groups in total. The van der Waals surface area contributed by atoms with Crippen LogP contribution in [-0.4, -0.2) is 43.2 Å². The second-order valence-corrected chi connectivity index (χ2v) is 10.2. The Morgan fingerprint density at radius 2 is 1.85 bits per heavy atom. The molecule has 0 heterocycles. The number of aryl methyl sites for hydroxylation is 2. The van der Waals surface area contributed by atoms with Gasteiger partial charge in [0.05, 0.1) is 24.3 Å². The second kappa shape index (κ2) is 10.3. The van der Waals surface area contributed by atoms with Crippen molar-refractivity contribution in [2.24, 2.45) is 0 Å². The second-order valence-electron chi connectivity index (χ2n) is 8.30. The summed E-state index contributed by atoms with van der Waals surface area (Å²) < 4.78 is 34.0. The lowest BCUT2D eigenvalue weighted by molar-refractivity contribution is -0.384. The molecule has 0 aromatic heterocycles. The van der Waals surface area contributed by atoms with Crippen molar-refractivity contribution in [1.82, 2.24) is 4.31 Å². The van der Waals surface area contributed by atoms with Gasteiger partial charge < -0.3 is 10.1 Å². The largest absolute Gasteiger partial charge is 0.495 e. The topological polar surface area (TPSA) is 119 Å². The van der Waals surface area contributed by atoms with E-state index < -0.39 is 27.4 Å². The lowest BCUT2D eigenvalue weighted by atomic mass is 9.95. The van der Waals surface area contributed by atoms with E-state index in [-0.39, 0.29) is 28.1 Å². The molecule has 0 unspecified atom stereocenters. The number of nitrogens with one attached hydrogen (secondary N) is 1. The molecular formula is C23H29N3O6S. The number of hydrogen-bond donors (Lipinski definition) is 1.